The highest BCUT2D eigenvalue weighted by molar-refractivity contribution is 6.33. The number of carbonyl (C=O) groups is 2. The Bertz CT molecular complexity index is 1100. The summed E-state index contributed by atoms with van der Waals surface area (Å²) in [5.74, 6) is -1.13. The maximum absolute atomic E-state index is 12.3. The number of hydrazine groups is 1. The van der Waals surface area contributed by atoms with Crippen LogP contribution in [0.25, 0.3) is 0 Å². The van der Waals surface area contributed by atoms with Gasteiger partial charge in [-0.1, -0.05) is 53.5 Å². The molecule has 1 heterocycles. The molecule has 0 spiro atoms. The SMILES string of the molecule is O=C(NNC(=O)c1ccccc1Cl)c1ccc(=O)n(Cc2ccccc2Cl)c1. The summed E-state index contributed by atoms with van der Waals surface area (Å²) in [6, 6.07) is 16.2. The van der Waals surface area contributed by atoms with Crippen molar-refractivity contribution in [1.82, 2.24) is 15.4 Å². The van der Waals surface area contributed by atoms with Gasteiger partial charge in [0.05, 0.1) is 22.7 Å². The van der Waals surface area contributed by atoms with Crippen molar-refractivity contribution in [3.63, 3.8) is 0 Å². The number of nitrogens with zero attached hydrogens (tertiary/aromatic N) is 1. The lowest BCUT2D eigenvalue weighted by atomic mass is 10.2. The van der Waals surface area contributed by atoms with Crippen molar-refractivity contribution >= 4 is 35.0 Å². The van der Waals surface area contributed by atoms with Gasteiger partial charge in [0.25, 0.3) is 17.4 Å². The van der Waals surface area contributed by atoms with Gasteiger partial charge in [0.2, 0.25) is 0 Å². The second kappa shape index (κ2) is 8.73. The number of rotatable bonds is 4. The maximum atomic E-state index is 12.3. The van der Waals surface area contributed by atoms with E-state index in [-0.39, 0.29) is 28.3 Å². The zero-order chi connectivity index (χ0) is 20.1. The Labute approximate surface area is 170 Å². The molecule has 1 aromatic heterocycles. The lowest BCUT2D eigenvalue weighted by Crippen LogP contribution is -2.42. The van der Waals surface area contributed by atoms with Crippen LogP contribution in [-0.4, -0.2) is 16.4 Å². The first kappa shape index (κ1) is 19.7. The molecular weight excluding hydrogens is 401 g/mol. The molecule has 0 unspecified atom stereocenters. The lowest BCUT2D eigenvalue weighted by molar-refractivity contribution is 0.0846. The van der Waals surface area contributed by atoms with Gasteiger partial charge in [-0.05, 0) is 29.8 Å². The summed E-state index contributed by atoms with van der Waals surface area (Å²) in [6.45, 7) is 0.214. The molecule has 3 rings (SSSR count). The van der Waals surface area contributed by atoms with E-state index in [9.17, 15) is 14.4 Å². The molecule has 0 saturated heterocycles. The standard InChI is InChI=1S/C20H15Cl2N3O3/c21-16-7-3-1-5-13(16)11-25-12-14(9-10-18(25)26)19(27)23-24-20(28)15-6-2-4-8-17(15)22/h1-10,12H,11H2,(H,23,27)(H,24,28). The van der Waals surface area contributed by atoms with Crippen LogP contribution in [0.1, 0.15) is 26.3 Å². The highest BCUT2D eigenvalue weighted by atomic mass is 35.5. The molecule has 3 aromatic rings. The van der Waals surface area contributed by atoms with E-state index in [2.05, 4.69) is 10.9 Å². The molecule has 0 atom stereocenters. The predicted octanol–water partition coefficient (Wildman–Crippen LogP) is 3.28. The van der Waals surface area contributed by atoms with Crippen LogP contribution in [0.15, 0.2) is 71.7 Å². The van der Waals surface area contributed by atoms with E-state index < -0.39 is 11.8 Å². The molecule has 28 heavy (non-hydrogen) atoms. The quantitative estimate of drug-likeness (QED) is 0.641. The lowest BCUT2D eigenvalue weighted by Gasteiger charge is -2.11. The zero-order valence-electron chi connectivity index (χ0n) is 14.5. The molecule has 0 aliphatic carbocycles. The topological polar surface area (TPSA) is 80.2 Å². The summed E-state index contributed by atoms with van der Waals surface area (Å²) in [4.78, 5) is 36.6. The Kier molecular flexibility index (Phi) is 6.13. The summed E-state index contributed by atoms with van der Waals surface area (Å²) in [5, 5.41) is 0.791. The van der Waals surface area contributed by atoms with Gasteiger partial charge in [0.1, 0.15) is 0 Å². The van der Waals surface area contributed by atoms with Crippen molar-refractivity contribution in [2.45, 2.75) is 6.54 Å². The van der Waals surface area contributed by atoms with Crippen molar-refractivity contribution in [3.8, 4) is 0 Å². The largest absolute Gasteiger partial charge is 0.310 e. The van der Waals surface area contributed by atoms with Crippen LogP contribution in [0.5, 0.6) is 0 Å². The minimum atomic E-state index is -0.576. The van der Waals surface area contributed by atoms with E-state index in [0.717, 1.165) is 5.56 Å². The monoisotopic (exact) mass is 415 g/mol. The predicted molar refractivity (Wildman–Crippen MR) is 108 cm³/mol. The van der Waals surface area contributed by atoms with Gasteiger partial charge >= 0.3 is 0 Å². The van der Waals surface area contributed by atoms with Crippen molar-refractivity contribution in [3.05, 3.63) is 104 Å². The molecule has 0 bridgehead atoms. The summed E-state index contributed by atoms with van der Waals surface area (Å²) in [6.07, 6.45) is 1.41. The van der Waals surface area contributed by atoms with Crippen LogP contribution < -0.4 is 16.4 Å². The van der Waals surface area contributed by atoms with E-state index in [0.29, 0.717) is 5.02 Å². The molecule has 0 aliphatic heterocycles. The fourth-order valence-electron chi connectivity index (χ4n) is 2.50. The number of pyridine rings is 1. The third-order valence-electron chi connectivity index (χ3n) is 3.95. The molecular formula is C20H15Cl2N3O3. The van der Waals surface area contributed by atoms with E-state index in [1.807, 2.05) is 6.07 Å². The number of aromatic nitrogens is 1. The molecule has 0 aliphatic rings. The maximum Gasteiger partial charge on any atom is 0.271 e. The number of carbonyl (C=O) groups excluding carboxylic acids is 2. The van der Waals surface area contributed by atoms with Crippen LogP contribution in [0, 0.1) is 0 Å². The first-order valence-electron chi connectivity index (χ1n) is 8.25. The third-order valence-corrected chi connectivity index (χ3v) is 4.65. The van der Waals surface area contributed by atoms with Crippen molar-refractivity contribution in [2.24, 2.45) is 0 Å². The first-order valence-corrected chi connectivity index (χ1v) is 9.00. The van der Waals surface area contributed by atoms with Gasteiger partial charge in [0.15, 0.2) is 0 Å². The summed E-state index contributed by atoms with van der Waals surface area (Å²) >= 11 is 12.1. The van der Waals surface area contributed by atoms with Gasteiger partial charge in [-0.3, -0.25) is 25.2 Å². The molecule has 8 heteroatoms. The van der Waals surface area contributed by atoms with Crippen LogP contribution in [0.4, 0.5) is 0 Å². The van der Waals surface area contributed by atoms with E-state index in [1.54, 1.807) is 36.4 Å². The van der Waals surface area contributed by atoms with Crippen LogP contribution in [0.2, 0.25) is 10.0 Å². The fourth-order valence-corrected chi connectivity index (χ4v) is 2.91. The van der Waals surface area contributed by atoms with Crippen LogP contribution >= 0.6 is 23.2 Å². The number of amides is 2. The second-order valence-corrected chi connectivity index (χ2v) is 6.68. The van der Waals surface area contributed by atoms with Crippen molar-refractivity contribution in [2.75, 3.05) is 0 Å². The molecule has 0 fully saturated rings. The number of nitrogens with one attached hydrogen (secondary N) is 2. The molecule has 0 radical (unpaired) electrons. The van der Waals surface area contributed by atoms with Crippen molar-refractivity contribution < 1.29 is 9.59 Å². The van der Waals surface area contributed by atoms with Gasteiger partial charge in [-0.2, -0.15) is 0 Å². The molecule has 6 nitrogen and oxygen atoms in total. The Morgan fingerprint density at radius 1 is 0.821 bits per heavy atom. The Morgan fingerprint density at radius 3 is 2.18 bits per heavy atom. The number of hydrogen-bond donors (Lipinski definition) is 2. The minimum absolute atomic E-state index is 0.200. The molecule has 2 N–H and O–H groups in total. The van der Waals surface area contributed by atoms with Gasteiger partial charge in [-0.15, -0.1) is 0 Å². The van der Waals surface area contributed by atoms with Gasteiger partial charge < -0.3 is 4.57 Å². The molecule has 2 aromatic carbocycles. The van der Waals surface area contributed by atoms with Gasteiger partial charge in [-0.25, -0.2) is 0 Å². The van der Waals surface area contributed by atoms with Gasteiger partial charge in [0, 0.05) is 17.3 Å². The zero-order valence-corrected chi connectivity index (χ0v) is 16.0. The average Bonchev–Trinajstić information content (AvgIpc) is 2.69. The number of hydrogen-bond acceptors (Lipinski definition) is 3. The summed E-state index contributed by atoms with van der Waals surface area (Å²) < 4.78 is 1.37. The molecule has 0 saturated carbocycles. The number of halogens is 2. The third kappa shape index (κ3) is 4.60. The highest BCUT2D eigenvalue weighted by Gasteiger charge is 2.13. The normalized spacial score (nSPS) is 10.4. The summed E-state index contributed by atoms with van der Waals surface area (Å²) in [5.41, 5.74) is 5.50. The Morgan fingerprint density at radius 2 is 1.46 bits per heavy atom. The second-order valence-electron chi connectivity index (χ2n) is 5.86. The van der Waals surface area contributed by atoms with Crippen LogP contribution in [0.3, 0.4) is 0 Å². The minimum Gasteiger partial charge on any atom is -0.310 e. The fraction of sp³-hybridized carbons (Fsp3) is 0.0500. The number of benzene rings is 2. The Balaban J connectivity index is 1.72. The van der Waals surface area contributed by atoms with Crippen molar-refractivity contribution in [1.29, 1.82) is 0 Å². The van der Waals surface area contributed by atoms with Crippen LogP contribution in [-0.2, 0) is 6.54 Å². The summed E-state index contributed by atoms with van der Waals surface area (Å²) in [7, 11) is 0. The first-order chi connectivity index (χ1) is 13.5. The highest BCUT2D eigenvalue weighted by Crippen LogP contribution is 2.16. The van der Waals surface area contributed by atoms with E-state index in [1.165, 1.54) is 29.0 Å². The van der Waals surface area contributed by atoms with E-state index in [4.69, 9.17) is 23.2 Å². The smallest absolute Gasteiger partial charge is 0.271 e. The molecule has 142 valence electrons. The average molecular weight is 416 g/mol. The Hall–Kier alpha value is -3.09. The van der Waals surface area contributed by atoms with E-state index >= 15 is 0 Å². The molecule has 2 amide bonds.